The Morgan fingerprint density at radius 3 is 2.11 bits per heavy atom. The number of fused-ring (bicyclic) bond motifs is 1. The molecule has 6 nitrogen and oxygen atoms in total. The average Bonchev–Trinajstić information content (AvgIpc) is 2.54. The minimum absolute atomic E-state index is 0.300. The SMILES string of the molecule is NC12CC3CC(CC(C3)C1)C2.O=C(O)c1nc2cc(Br)c(Br)cc2[nH]c1=O. The van der Waals surface area contributed by atoms with Gasteiger partial charge in [0.1, 0.15) is 0 Å². The van der Waals surface area contributed by atoms with Crippen LogP contribution in [0.1, 0.15) is 49.0 Å². The quantitative estimate of drug-likeness (QED) is 0.549. The van der Waals surface area contributed by atoms with Crippen molar-refractivity contribution in [1.82, 2.24) is 9.97 Å². The fraction of sp³-hybridized carbons (Fsp3) is 0.526. The van der Waals surface area contributed by atoms with Crippen molar-refractivity contribution >= 4 is 48.9 Å². The molecule has 0 unspecified atom stereocenters. The number of hydrogen-bond acceptors (Lipinski definition) is 4. The third-order valence-corrected chi connectivity index (χ3v) is 7.87. The molecule has 1 aromatic heterocycles. The van der Waals surface area contributed by atoms with Gasteiger partial charge in [0.05, 0.1) is 11.0 Å². The monoisotopic (exact) mass is 497 g/mol. The van der Waals surface area contributed by atoms with Crippen molar-refractivity contribution in [2.45, 2.75) is 44.1 Å². The molecule has 4 saturated carbocycles. The summed E-state index contributed by atoms with van der Waals surface area (Å²) >= 11 is 6.55. The van der Waals surface area contributed by atoms with Crippen LogP contribution in [-0.4, -0.2) is 26.6 Å². The van der Waals surface area contributed by atoms with E-state index in [2.05, 4.69) is 41.8 Å². The summed E-state index contributed by atoms with van der Waals surface area (Å²) in [5, 5.41) is 8.75. The summed E-state index contributed by atoms with van der Waals surface area (Å²) in [6, 6.07) is 3.28. The van der Waals surface area contributed by atoms with E-state index in [1.165, 1.54) is 38.5 Å². The van der Waals surface area contributed by atoms with Gasteiger partial charge in [-0.25, -0.2) is 9.78 Å². The van der Waals surface area contributed by atoms with Crippen LogP contribution in [0.15, 0.2) is 25.9 Å². The number of halogens is 2. The molecule has 6 rings (SSSR count). The number of benzene rings is 1. The molecule has 1 aromatic carbocycles. The topological polar surface area (TPSA) is 109 Å². The van der Waals surface area contributed by atoms with E-state index in [1.807, 2.05) is 0 Å². The smallest absolute Gasteiger partial charge is 0.360 e. The van der Waals surface area contributed by atoms with E-state index in [-0.39, 0.29) is 0 Å². The molecule has 0 aliphatic heterocycles. The van der Waals surface area contributed by atoms with Gasteiger partial charge in [-0.1, -0.05) is 0 Å². The molecule has 4 bridgehead atoms. The van der Waals surface area contributed by atoms with Gasteiger partial charge in [-0.3, -0.25) is 4.79 Å². The number of H-pyrrole nitrogens is 1. The number of hydrogen-bond donors (Lipinski definition) is 3. The summed E-state index contributed by atoms with van der Waals surface area (Å²) in [5.41, 5.74) is 6.28. The van der Waals surface area contributed by atoms with Gasteiger partial charge in [0.15, 0.2) is 0 Å². The molecule has 4 fully saturated rings. The Morgan fingerprint density at radius 2 is 1.63 bits per heavy atom. The highest BCUT2D eigenvalue weighted by Gasteiger charge is 2.48. The van der Waals surface area contributed by atoms with Crippen LogP contribution in [0.3, 0.4) is 0 Å². The van der Waals surface area contributed by atoms with Crippen molar-refractivity contribution in [3.05, 3.63) is 37.1 Å². The third kappa shape index (κ3) is 3.84. The number of aromatic carboxylic acids is 1. The molecule has 0 amide bonds. The highest BCUT2D eigenvalue weighted by molar-refractivity contribution is 9.13. The Labute approximate surface area is 173 Å². The Hall–Kier alpha value is -1.25. The molecule has 8 heteroatoms. The molecule has 0 saturated heterocycles. The Kier molecular flexibility index (Phi) is 4.93. The van der Waals surface area contributed by atoms with Crippen LogP contribution < -0.4 is 11.3 Å². The molecular weight excluding hydrogens is 478 g/mol. The van der Waals surface area contributed by atoms with E-state index in [9.17, 15) is 9.59 Å². The molecular formula is C19H21Br2N3O3. The largest absolute Gasteiger partial charge is 0.476 e. The molecule has 2 aromatic rings. The third-order valence-electron chi connectivity index (χ3n) is 6.02. The zero-order chi connectivity index (χ0) is 19.3. The van der Waals surface area contributed by atoms with Crippen molar-refractivity contribution in [2.24, 2.45) is 23.5 Å². The van der Waals surface area contributed by atoms with E-state index in [0.717, 1.165) is 26.7 Å². The summed E-state index contributed by atoms with van der Waals surface area (Å²) in [4.78, 5) is 28.3. The highest BCUT2D eigenvalue weighted by atomic mass is 79.9. The Balaban J connectivity index is 0.000000141. The van der Waals surface area contributed by atoms with Crippen molar-refractivity contribution in [2.75, 3.05) is 0 Å². The van der Waals surface area contributed by atoms with Crippen molar-refractivity contribution in [1.29, 1.82) is 0 Å². The first-order valence-corrected chi connectivity index (χ1v) is 10.7. The first-order valence-electron chi connectivity index (χ1n) is 9.14. The van der Waals surface area contributed by atoms with E-state index >= 15 is 0 Å². The predicted molar refractivity (Wildman–Crippen MR) is 110 cm³/mol. The molecule has 144 valence electrons. The summed E-state index contributed by atoms with van der Waals surface area (Å²) in [5.74, 6) is 1.71. The molecule has 4 aliphatic rings. The van der Waals surface area contributed by atoms with Crippen LogP contribution in [0.2, 0.25) is 0 Å². The van der Waals surface area contributed by atoms with Gasteiger partial charge in [0, 0.05) is 14.5 Å². The molecule has 27 heavy (non-hydrogen) atoms. The standard InChI is InChI=1S/C10H17N.C9H4Br2N2O3/c11-10-4-7-1-8(5-10)3-9(2-7)6-10;10-3-1-5-6(2-4(3)11)13-8(14)7(12-5)9(15)16/h7-9H,1-6,11H2;1-2H,(H,13,14)(H,15,16). The maximum Gasteiger partial charge on any atom is 0.360 e. The lowest BCUT2D eigenvalue weighted by Gasteiger charge is -2.55. The minimum atomic E-state index is -1.35. The number of nitrogens with zero attached hydrogens (tertiary/aromatic N) is 1. The number of carbonyl (C=O) groups is 1. The molecule has 1 heterocycles. The van der Waals surface area contributed by atoms with Gasteiger partial charge in [-0.2, -0.15) is 0 Å². The molecule has 0 radical (unpaired) electrons. The van der Waals surface area contributed by atoms with Crippen molar-refractivity contribution in [3.8, 4) is 0 Å². The van der Waals surface area contributed by atoms with Gasteiger partial charge >= 0.3 is 5.97 Å². The maximum atomic E-state index is 11.3. The predicted octanol–water partition coefficient (Wildman–Crippen LogP) is 4.06. The molecule has 4 aliphatic carbocycles. The summed E-state index contributed by atoms with van der Waals surface area (Å²) in [6.07, 6.45) is 8.57. The van der Waals surface area contributed by atoms with Gasteiger partial charge in [-0.15, -0.1) is 0 Å². The summed E-state index contributed by atoms with van der Waals surface area (Å²) < 4.78 is 1.48. The van der Waals surface area contributed by atoms with Gasteiger partial charge in [-0.05, 0) is 100 Å². The highest BCUT2D eigenvalue weighted by Crippen LogP contribution is 2.54. The second-order valence-electron chi connectivity index (χ2n) is 8.28. The number of carboxylic acids is 1. The van der Waals surface area contributed by atoms with Crippen molar-refractivity contribution < 1.29 is 9.90 Å². The minimum Gasteiger partial charge on any atom is -0.476 e. The lowest BCUT2D eigenvalue weighted by Crippen LogP contribution is -2.55. The number of aromatic amines is 1. The second-order valence-corrected chi connectivity index (χ2v) is 9.99. The second kappa shape index (κ2) is 6.97. The summed E-state index contributed by atoms with van der Waals surface area (Å²) in [7, 11) is 0. The van der Waals surface area contributed by atoms with E-state index in [1.54, 1.807) is 12.1 Å². The lowest BCUT2D eigenvalue weighted by atomic mass is 9.53. The zero-order valence-corrected chi connectivity index (χ0v) is 17.8. The van der Waals surface area contributed by atoms with E-state index in [0.29, 0.717) is 16.6 Å². The average molecular weight is 499 g/mol. The van der Waals surface area contributed by atoms with E-state index in [4.69, 9.17) is 10.8 Å². The van der Waals surface area contributed by atoms with Crippen LogP contribution in [0, 0.1) is 17.8 Å². The lowest BCUT2D eigenvalue weighted by molar-refractivity contribution is 0.000362. The normalized spacial score (nSPS) is 30.9. The maximum absolute atomic E-state index is 11.3. The fourth-order valence-corrected chi connectivity index (χ4v) is 6.08. The van der Waals surface area contributed by atoms with Crippen molar-refractivity contribution in [3.63, 3.8) is 0 Å². The first-order chi connectivity index (χ1) is 12.7. The zero-order valence-electron chi connectivity index (χ0n) is 14.7. The van der Waals surface area contributed by atoms with Gasteiger partial charge in [0.2, 0.25) is 5.69 Å². The van der Waals surface area contributed by atoms with Gasteiger partial charge < -0.3 is 15.8 Å². The van der Waals surface area contributed by atoms with Crippen LogP contribution in [-0.2, 0) is 0 Å². The van der Waals surface area contributed by atoms with Crippen LogP contribution >= 0.6 is 31.9 Å². The Morgan fingerprint density at radius 1 is 1.11 bits per heavy atom. The van der Waals surface area contributed by atoms with Crippen LogP contribution in [0.4, 0.5) is 0 Å². The Bertz CT molecular complexity index is 937. The number of nitrogens with one attached hydrogen (secondary N) is 1. The van der Waals surface area contributed by atoms with Crippen LogP contribution in [0.25, 0.3) is 11.0 Å². The number of rotatable bonds is 1. The van der Waals surface area contributed by atoms with Crippen LogP contribution in [0.5, 0.6) is 0 Å². The number of aromatic nitrogens is 2. The molecule has 0 spiro atoms. The van der Waals surface area contributed by atoms with Gasteiger partial charge in [0.25, 0.3) is 5.56 Å². The van der Waals surface area contributed by atoms with E-state index < -0.39 is 17.2 Å². The molecule has 4 N–H and O–H groups in total. The first kappa shape index (κ1) is 19.1. The summed E-state index contributed by atoms with van der Waals surface area (Å²) in [6.45, 7) is 0. The number of carboxylic acid groups (broad SMARTS) is 1. The molecule has 0 atom stereocenters. The fourth-order valence-electron chi connectivity index (χ4n) is 5.40. The number of nitrogens with two attached hydrogens (primary N) is 1.